The Balaban J connectivity index is 2.24. The van der Waals surface area contributed by atoms with Gasteiger partial charge in [-0.15, -0.1) is 0 Å². The van der Waals surface area contributed by atoms with Gasteiger partial charge in [0.1, 0.15) is 0 Å². The fourth-order valence-corrected chi connectivity index (χ4v) is 3.76. The highest BCUT2D eigenvalue weighted by molar-refractivity contribution is 6.79. The molecule has 1 fully saturated rings. The largest absolute Gasteiger partial charge is 0.0693 e. The highest BCUT2D eigenvalue weighted by Gasteiger charge is 2.21. The second kappa shape index (κ2) is 3.75. The van der Waals surface area contributed by atoms with Gasteiger partial charge in [0.25, 0.3) is 0 Å². The van der Waals surface area contributed by atoms with E-state index in [9.17, 15) is 0 Å². The van der Waals surface area contributed by atoms with Gasteiger partial charge >= 0.3 is 0 Å². The zero-order valence-corrected chi connectivity index (χ0v) is 9.19. The molecule has 0 saturated heterocycles. The molecule has 0 spiro atoms. The normalized spacial score (nSPS) is 22.1. The van der Waals surface area contributed by atoms with E-state index in [-0.39, 0.29) is 0 Å². The predicted octanol–water partition coefficient (Wildman–Crippen LogP) is 3.65. The summed E-state index contributed by atoms with van der Waals surface area (Å²) in [6, 6.07) is 2.69. The molecule has 0 unspecified atom stereocenters. The van der Waals surface area contributed by atoms with Crippen molar-refractivity contribution in [1.82, 2.24) is 0 Å². The molecule has 0 heterocycles. The molecule has 0 bridgehead atoms. The predicted molar refractivity (Wildman–Crippen MR) is 54.2 cm³/mol. The number of hydrogen-bond acceptors (Lipinski definition) is 0. The summed E-state index contributed by atoms with van der Waals surface area (Å²) >= 11 is 0. The Morgan fingerprint density at radius 2 is 1.55 bits per heavy atom. The Kier molecular flexibility index (Phi) is 3.17. The molecule has 0 N–H and O–H groups in total. The van der Waals surface area contributed by atoms with E-state index in [1.54, 1.807) is 0 Å². The van der Waals surface area contributed by atoms with Crippen LogP contribution in [0, 0.1) is 12.0 Å². The fraction of sp³-hybridized carbons (Fsp3) is 0.900. The van der Waals surface area contributed by atoms with E-state index >= 15 is 0 Å². The van der Waals surface area contributed by atoms with Crippen molar-refractivity contribution < 1.29 is 0 Å². The van der Waals surface area contributed by atoms with E-state index in [1.165, 1.54) is 32.1 Å². The molecular formula is C10H21Si. The van der Waals surface area contributed by atoms with Gasteiger partial charge in [0.2, 0.25) is 0 Å². The van der Waals surface area contributed by atoms with Gasteiger partial charge in [-0.3, -0.25) is 0 Å². The molecule has 1 rings (SSSR count). The molecule has 0 amide bonds. The maximum atomic E-state index is 2.69. The lowest BCUT2D eigenvalue weighted by molar-refractivity contribution is 0.408. The van der Waals surface area contributed by atoms with Crippen LogP contribution in [0.1, 0.15) is 32.1 Å². The minimum absolute atomic E-state index is 0.870. The van der Waals surface area contributed by atoms with Crippen molar-refractivity contribution in [1.29, 1.82) is 0 Å². The van der Waals surface area contributed by atoms with Crippen LogP contribution in [0.2, 0.25) is 19.6 Å². The Hall–Kier alpha value is 0.217. The van der Waals surface area contributed by atoms with Crippen LogP contribution in [0.4, 0.5) is 0 Å². The van der Waals surface area contributed by atoms with Gasteiger partial charge in [-0.25, -0.2) is 0 Å². The lowest BCUT2D eigenvalue weighted by Gasteiger charge is -2.27. The Labute approximate surface area is 72.4 Å². The van der Waals surface area contributed by atoms with Gasteiger partial charge in [0, 0.05) is 8.07 Å². The number of hydrogen-bond donors (Lipinski definition) is 0. The SMILES string of the molecule is C[Si](C)(C)[CH]C1CCCCC1. The molecule has 0 aromatic rings. The van der Waals surface area contributed by atoms with Gasteiger partial charge in [-0.05, 0) is 12.0 Å². The summed E-state index contributed by atoms with van der Waals surface area (Å²) in [5.41, 5.74) is 0. The fourth-order valence-electron chi connectivity index (χ4n) is 2.01. The van der Waals surface area contributed by atoms with E-state index in [0.29, 0.717) is 0 Å². The molecule has 0 nitrogen and oxygen atoms in total. The molecule has 1 heteroatoms. The summed E-state index contributed by atoms with van der Waals surface area (Å²) in [6.45, 7) is 7.34. The maximum Gasteiger partial charge on any atom is 0.0476 e. The lowest BCUT2D eigenvalue weighted by Crippen LogP contribution is -2.27. The average molecular weight is 169 g/mol. The third-order valence-corrected chi connectivity index (χ3v) is 3.86. The van der Waals surface area contributed by atoms with Gasteiger partial charge in [-0.1, -0.05) is 51.7 Å². The van der Waals surface area contributed by atoms with E-state index < -0.39 is 8.07 Å². The summed E-state index contributed by atoms with van der Waals surface area (Å²) in [7, 11) is -0.870. The van der Waals surface area contributed by atoms with Crippen LogP contribution in [0.5, 0.6) is 0 Å². The van der Waals surface area contributed by atoms with Crippen molar-refractivity contribution in [2.24, 2.45) is 5.92 Å². The van der Waals surface area contributed by atoms with Crippen LogP contribution in [-0.2, 0) is 0 Å². The first-order valence-corrected chi connectivity index (χ1v) is 8.52. The van der Waals surface area contributed by atoms with Crippen LogP contribution in [0.25, 0.3) is 0 Å². The summed E-state index contributed by atoms with van der Waals surface area (Å²) < 4.78 is 0. The van der Waals surface area contributed by atoms with E-state index in [2.05, 4.69) is 25.7 Å². The third-order valence-electron chi connectivity index (χ3n) is 2.39. The van der Waals surface area contributed by atoms with Crippen molar-refractivity contribution >= 4 is 8.07 Å². The van der Waals surface area contributed by atoms with E-state index in [4.69, 9.17) is 0 Å². The van der Waals surface area contributed by atoms with Crippen molar-refractivity contribution in [3.8, 4) is 0 Å². The smallest absolute Gasteiger partial charge is 0.0476 e. The van der Waals surface area contributed by atoms with E-state index in [0.717, 1.165) is 5.92 Å². The topological polar surface area (TPSA) is 0 Å². The molecule has 0 aliphatic heterocycles. The summed E-state index contributed by atoms with van der Waals surface area (Å²) in [5, 5.41) is 0. The van der Waals surface area contributed by atoms with Crippen LogP contribution in [0.3, 0.4) is 0 Å². The number of rotatable bonds is 2. The first-order chi connectivity index (χ1) is 5.08. The van der Waals surface area contributed by atoms with Gasteiger partial charge in [0.15, 0.2) is 0 Å². The lowest BCUT2D eigenvalue weighted by atomic mass is 9.91. The molecule has 0 atom stereocenters. The molecule has 1 aliphatic carbocycles. The Morgan fingerprint density at radius 1 is 1.00 bits per heavy atom. The first-order valence-electron chi connectivity index (χ1n) is 4.94. The molecule has 1 aliphatic rings. The molecule has 1 radical (unpaired) electrons. The Bertz CT molecular complexity index is 107. The summed E-state index contributed by atoms with van der Waals surface area (Å²) in [4.78, 5) is 0. The zero-order chi connectivity index (χ0) is 8.32. The molecular weight excluding hydrogens is 148 g/mol. The average Bonchev–Trinajstić information content (AvgIpc) is 1.85. The second-order valence-electron chi connectivity index (χ2n) is 4.93. The molecule has 0 aromatic carbocycles. The Morgan fingerprint density at radius 3 is 2.00 bits per heavy atom. The van der Waals surface area contributed by atoms with Crippen LogP contribution >= 0.6 is 0 Å². The monoisotopic (exact) mass is 169 g/mol. The van der Waals surface area contributed by atoms with Crippen molar-refractivity contribution in [2.45, 2.75) is 51.7 Å². The quantitative estimate of drug-likeness (QED) is 0.554. The maximum absolute atomic E-state index is 2.69. The minimum Gasteiger partial charge on any atom is -0.0693 e. The zero-order valence-electron chi connectivity index (χ0n) is 8.19. The van der Waals surface area contributed by atoms with Crippen LogP contribution in [0.15, 0.2) is 0 Å². The van der Waals surface area contributed by atoms with Crippen molar-refractivity contribution in [2.75, 3.05) is 0 Å². The van der Waals surface area contributed by atoms with Gasteiger partial charge in [0.05, 0.1) is 0 Å². The van der Waals surface area contributed by atoms with E-state index in [1.807, 2.05) is 0 Å². The summed E-state index contributed by atoms with van der Waals surface area (Å²) in [5.74, 6) is 0.982. The molecule has 65 valence electrons. The van der Waals surface area contributed by atoms with Gasteiger partial charge < -0.3 is 0 Å². The molecule has 1 saturated carbocycles. The van der Waals surface area contributed by atoms with Crippen LogP contribution in [-0.4, -0.2) is 8.07 Å². The second-order valence-corrected chi connectivity index (χ2v) is 10.00. The summed E-state index contributed by atoms with van der Waals surface area (Å²) in [6.07, 6.45) is 7.39. The molecule has 11 heavy (non-hydrogen) atoms. The standard InChI is InChI=1S/C10H21Si/c1-11(2,3)9-10-7-5-4-6-8-10/h9-10H,4-8H2,1-3H3. The van der Waals surface area contributed by atoms with Crippen molar-refractivity contribution in [3.63, 3.8) is 0 Å². The van der Waals surface area contributed by atoms with Crippen molar-refractivity contribution in [3.05, 3.63) is 6.04 Å². The van der Waals surface area contributed by atoms with Crippen LogP contribution < -0.4 is 0 Å². The van der Waals surface area contributed by atoms with Gasteiger partial charge in [-0.2, -0.15) is 0 Å². The molecule has 0 aromatic heterocycles. The third kappa shape index (κ3) is 3.95. The highest BCUT2D eigenvalue weighted by Crippen LogP contribution is 2.28. The first kappa shape index (κ1) is 9.31. The minimum atomic E-state index is -0.870. The highest BCUT2D eigenvalue weighted by atomic mass is 28.3.